The van der Waals surface area contributed by atoms with Gasteiger partial charge in [0.05, 0.1) is 10.9 Å². The van der Waals surface area contributed by atoms with E-state index in [1.165, 1.54) is 5.56 Å². The van der Waals surface area contributed by atoms with Crippen LogP contribution in [-0.4, -0.2) is 19.9 Å². The molecule has 0 aliphatic carbocycles. The van der Waals surface area contributed by atoms with Crippen molar-refractivity contribution in [2.75, 3.05) is 0 Å². The Morgan fingerprint density at radius 2 is 0.894 bits per heavy atom. The maximum absolute atomic E-state index is 6.72. The molecule has 0 radical (unpaired) electrons. The normalized spacial score (nSPS) is 11.4. The third-order valence-corrected chi connectivity index (χ3v) is 8.54. The topological polar surface area (TPSA) is 64.7 Å². The van der Waals surface area contributed by atoms with Crippen LogP contribution in [-0.2, 0) is 0 Å². The summed E-state index contributed by atoms with van der Waals surface area (Å²) in [6, 6.07) is 53.4. The summed E-state index contributed by atoms with van der Waals surface area (Å²) < 4.78 is 6.72. The smallest absolute Gasteiger partial charge is 0.164 e. The Kier molecular flexibility index (Phi) is 6.39. The second-order valence-electron chi connectivity index (χ2n) is 11.5. The Labute approximate surface area is 270 Å². The van der Waals surface area contributed by atoms with Crippen molar-refractivity contribution in [2.45, 2.75) is 0 Å². The number of pyridine rings is 1. The molecule has 0 N–H and O–H groups in total. The number of hydrogen-bond donors (Lipinski definition) is 0. The van der Waals surface area contributed by atoms with Gasteiger partial charge in [0.15, 0.2) is 23.1 Å². The van der Waals surface area contributed by atoms with Gasteiger partial charge in [-0.3, -0.25) is 0 Å². The molecule has 0 amide bonds. The summed E-state index contributed by atoms with van der Waals surface area (Å²) in [5, 5.41) is 1.90. The fourth-order valence-electron chi connectivity index (χ4n) is 6.20. The molecule has 5 heteroatoms. The Morgan fingerprint density at radius 3 is 1.55 bits per heavy atom. The Balaban J connectivity index is 1.30. The van der Waals surface area contributed by atoms with Crippen LogP contribution in [0.4, 0.5) is 0 Å². The first-order valence-corrected chi connectivity index (χ1v) is 15.6. The highest BCUT2D eigenvalue weighted by molar-refractivity contribution is 6.15. The van der Waals surface area contributed by atoms with Crippen molar-refractivity contribution in [1.82, 2.24) is 19.9 Å². The van der Waals surface area contributed by atoms with Crippen LogP contribution < -0.4 is 0 Å². The van der Waals surface area contributed by atoms with Crippen LogP contribution >= 0.6 is 0 Å². The third-order valence-electron chi connectivity index (χ3n) is 8.54. The molecule has 0 atom stereocenters. The van der Waals surface area contributed by atoms with Gasteiger partial charge < -0.3 is 4.42 Å². The summed E-state index contributed by atoms with van der Waals surface area (Å²) in [6.45, 7) is 0. The van der Waals surface area contributed by atoms with Gasteiger partial charge >= 0.3 is 0 Å². The Hall–Kier alpha value is -6.46. The SMILES string of the molecule is c1ccc(-c2ccc(-c3ccc(-c4nc(-c5ccccc5)nc(-c5ccccc5)n4)c4c3oc3cc5ccccc5nc34)cc2)cc1. The molecule has 0 bridgehead atoms. The lowest BCUT2D eigenvalue weighted by Gasteiger charge is -2.11. The van der Waals surface area contributed by atoms with Gasteiger partial charge in [0.2, 0.25) is 0 Å². The molecule has 6 aromatic carbocycles. The monoisotopic (exact) mass is 602 g/mol. The van der Waals surface area contributed by atoms with E-state index in [0.29, 0.717) is 23.1 Å². The minimum Gasteiger partial charge on any atom is -0.454 e. The molecular weight excluding hydrogens is 576 g/mol. The van der Waals surface area contributed by atoms with Crippen LogP contribution in [0.3, 0.4) is 0 Å². The molecule has 0 fully saturated rings. The molecule has 0 aliphatic heterocycles. The number of hydrogen-bond acceptors (Lipinski definition) is 5. The summed E-state index contributed by atoms with van der Waals surface area (Å²) in [6.07, 6.45) is 0. The van der Waals surface area contributed by atoms with Gasteiger partial charge in [-0.25, -0.2) is 19.9 Å². The van der Waals surface area contributed by atoms with Crippen LogP contribution in [0.25, 0.3) is 89.4 Å². The van der Waals surface area contributed by atoms with Gasteiger partial charge in [0.25, 0.3) is 0 Å². The first-order chi connectivity index (χ1) is 23.3. The molecule has 47 heavy (non-hydrogen) atoms. The number of nitrogens with zero attached hydrogens (tertiary/aromatic N) is 4. The lowest BCUT2D eigenvalue weighted by Crippen LogP contribution is -2.00. The summed E-state index contributed by atoms with van der Waals surface area (Å²) in [5.74, 6) is 1.77. The first-order valence-electron chi connectivity index (χ1n) is 15.6. The van der Waals surface area contributed by atoms with Gasteiger partial charge in [-0.1, -0.05) is 133 Å². The lowest BCUT2D eigenvalue weighted by atomic mass is 9.97. The minimum absolute atomic E-state index is 0.561. The Bertz CT molecular complexity index is 2490. The van der Waals surface area contributed by atoms with Crippen LogP contribution in [0.15, 0.2) is 162 Å². The minimum atomic E-state index is 0.561. The largest absolute Gasteiger partial charge is 0.454 e. The van der Waals surface area contributed by atoms with E-state index in [-0.39, 0.29) is 0 Å². The van der Waals surface area contributed by atoms with E-state index in [1.54, 1.807) is 0 Å². The van der Waals surface area contributed by atoms with Crippen molar-refractivity contribution in [2.24, 2.45) is 0 Å². The highest BCUT2D eigenvalue weighted by Gasteiger charge is 2.22. The molecule has 0 unspecified atom stereocenters. The van der Waals surface area contributed by atoms with Crippen molar-refractivity contribution in [3.8, 4) is 56.4 Å². The van der Waals surface area contributed by atoms with E-state index in [9.17, 15) is 0 Å². The average Bonchev–Trinajstić information content (AvgIpc) is 3.53. The second kappa shape index (κ2) is 11.2. The van der Waals surface area contributed by atoms with Crippen LogP contribution in [0.2, 0.25) is 0 Å². The standard InChI is InChI=1S/C42H26N4O/c1-4-12-27(13-5-1)28-20-22-29(23-21-28)33-24-25-34(37-38-36(47-39(33)37)26-32-18-10-11-19-35(32)43-38)42-45-40(30-14-6-2-7-15-30)44-41(46-42)31-16-8-3-9-17-31/h1-26H. The zero-order chi connectivity index (χ0) is 31.2. The average molecular weight is 603 g/mol. The van der Waals surface area contributed by atoms with E-state index in [0.717, 1.165) is 60.8 Å². The molecule has 3 heterocycles. The van der Waals surface area contributed by atoms with Gasteiger partial charge in [0.1, 0.15) is 11.1 Å². The van der Waals surface area contributed by atoms with Gasteiger partial charge in [-0.2, -0.15) is 0 Å². The fourth-order valence-corrected chi connectivity index (χ4v) is 6.20. The molecule has 0 spiro atoms. The summed E-state index contributed by atoms with van der Waals surface area (Å²) in [7, 11) is 0. The van der Waals surface area contributed by atoms with Crippen molar-refractivity contribution in [1.29, 1.82) is 0 Å². The van der Waals surface area contributed by atoms with E-state index in [1.807, 2.05) is 84.9 Å². The summed E-state index contributed by atoms with van der Waals surface area (Å²) >= 11 is 0. The van der Waals surface area contributed by atoms with E-state index < -0.39 is 0 Å². The van der Waals surface area contributed by atoms with Crippen LogP contribution in [0.1, 0.15) is 0 Å². The molecule has 9 aromatic rings. The maximum atomic E-state index is 6.72. The van der Waals surface area contributed by atoms with Gasteiger partial charge in [-0.05, 0) is 41.0 Å². The Morgan fingerprint density at radius 1 is 0.383 bits per heavy atom. The van der Waals surface area contributed by atoms with E-state index in [2.05, 4.69) is 72.8 Å². The zero-order valence-corrected chi connectivity index (χ0v) is 25.2. The number of furan rings is 1. The number of fused-ring (bicyclic) bond motifs is 4. The van der Waals surface area contributed by atoms with Crippen molar-refractivity contribution in [3.63, 3.8) is 0 Å². The molecular formula is C42H26N4O. The molecule has 9 rings (SSSR count). The number of para-hydroxylation sites is 1. The van der Waals surface area contributed by atoms with Crippen LogP contribution in [0, 0.1) is 0 Å². The second-order valence-corrected chi connectivity index (χ2v) is 11.5. The van der Waals surface area contributed by atoms with Gasteiger partial charge in [0, 0.05) is 27.6 Å². The number of aromatic nitrogens is 4. The summed E-state index contributed by atoms with van der Waals surface area (Å²) in [4.78, 5) is 20.2. The zero-order valence-electron chi connectivity index (χ0n) is 25.2. The maximum Gasteiger partial charge on any atom is 0.164 e. The highest BCUT2D eigenvalue weighted by atomic mass is 16.3. The first kappa shape index (κ1) is 26.9. The molecule has 5 nitrogen and oxygen atoms in total. The third kappa shape index (κ3) is 4.82. The fraction of sp³-hybridized carbons (Fsp3) is 0. The van der Waals surface area contributed by atoms with Crippen molar-refractivity contribution in [3.05, 3.63) is 158 Å². The van der Waals surface area contributed by atoms with E-state index in [4.69, 9.17) is 24.4 Å². The summed E-state index contributed by atoms with van der Waals surface area (Å²) in [5.41, 5.74) is 10.2. The van der Waals surface area contributed by atoms with Gasteiger partial charge in [-0.15, -0.1) is 0 Å². The predicted molar refractivity (Wildman–Crippen MR) is 190 cm³/mol. The molecule has 0 saturated carbocycles. The lowest BCUT2D eigenvalue weighted by molar-refractivity contribution is 0.670. The van der Waals surface area contributed by atoms with Crippen molar-refractivity contribution >= 4 is 33.0 Å². The number of benzene rings is 6. The van der Waals surface area contributed by atoms with Crippen molar-refractivity contribution < 1.29 is 4.42 Å². The number of rotatable bonds is 5. The predicted octanol–water partition coefficient (Wildman–Crippen LogP) is 10.7. The molecule has 0 aliphatic rings. The molecule has 0 saturated heterocycles. The molecule has 3 aromatic heterocycles. The highest BCUT2D eigenvalue weighted by Crippen LogP contribution is 2.42. The quantitative estimate of drug-likeness (QED) is 0.196. The van der Waals surface area contributed by atoms with E-state index >= 15 is 0 Å². The molecule has 220 valence electrons. The van der Waals surface area contributed by atoms with Crippen LogP contribution in [0.5, 0.6) is 0 Å².